The second kappa shape index (κ2) is 2.48. The van der Waals surface area contributed by atoms with Crippen LogP contribution < -0.4 is 5.32 Å². The van der Waals surface area contributed by atoms with Crippen LogP contribution in [0.3, 0.4) is 0 Å². The van der Waals surface area contributed by atoms with Gasteiger partial charge in [0, 0.05) is 12.1 Å². The molecular formula is C11H20N2. The number of nitrogens with zero attached hydrogens (tertiary/aromatic N) is 1. The highest BCUT2D eigenvalue weighted by Gasteiger charge is 2.59. The first-order valence-electron chi connectivity index (χ1n) is 5.62. The van der Waals surface area contributed by atoms with Crippen molar-refractivity contribution < 1.29 is 0 Å². The fourth-order valence-corrected chi connectivity index (χ4v) is 4.32. The first kappa shape index (κ1) is 8.25. The molecule has 3 fully saturated rings. The van der Waals surface area contributed by atoms with E-state index in [1.807, 2.05) is 0 Å². The Morgan fingerprint density at radius 1 is 1.31 bits per heavy atom. The molecule has 0 aromatic carbocycles. The van der Waals surface area contributed by atoms with Gasteiger partial charge in [-0.3, -0.25) is 0 Å². The number of hydrogen-bond donors (Lipinski definition) is 1. The van der Waals surface area contributed by atoms with Crippen LogP contribution in [0.25, 0.3) is 0 Å². The molecule has 4 unspecified atom stereocenters. The van der Waals surface area contributed by atoms with E-state index < -0.39 is 0 Å². The average molecular weight is 180 g/mol. The first-order chi connectivity index (χ1) is 6.24. The Morgan fingerprint density at radius 3 is 2.92 bits per heavy atom. The van der Waals surface area contributed by atoms with Crippen LogP contribution in [0.5, 0.6) is 0 Å². The fourth-order valence-electron chi connectivity index (χ4n) is 4.32. The van der Waals surface area contributed by atoms with E-state index in [1.165, 1.54) is 32.4 Å². The molecule has 3 rings (SSSR count). The lowest BCUT2D eigenvalue weighted by molar-refractivity contribution is 0.0922. The maximum absolute atomic E-state index is 3.58. The molecule has 0 amide bonds. The maximum Gasteiger partial charge on any atom is 0.0249 e. The van der Waals surface area contributed by atoms with Crippen molar-refractivity contribution in [3.63, 3.8) is 0 Å². The van der Waals surface area contributed by atoms with Gasteiger partial charge >= 0.3 is 0 Å². The zero-order valence-electron chi connectivity index (χ0n) is 8.71. The summed E-state index contributed by atoms with van der Waals surface area (Å²) in [5, 5.41) is 3.58. The molecule has 2 heteroatoms. The standard InChI is InChI=1S/C11H20N2/c1-13(2)11-4-3-8(5-11)9-6-12-7-10(9)11/h8-10,12H,3-7H2,1-2H3. The van der Waals surface area contributed by atoms with Gasteiger partial charge in [0.1, 0.15) is 0 Å². The van der Waals surface area contributed by atoms with Gasteiger partial charge in [-0.15, -0.1) is 0 Å². The summed E-state index contributed by atoms with van der Waals surface area (Å²) in [6, 6.07) is 0. The Balaban J connectivity index is 1.96. The van der Waals surface area contributed by atoms with Crippen LogP contribution in [0.2, 0.25) is 0 Å². The smallest absolute Gasteiger partial charge is 0.0249 e. The van der Waals surface area contributed by atoms with Crippen LogP contribution >= 0.6 is 0 Å². The first-order valence-corrected chi connectivity index (χ1v) is 5.62. The SMILES string of the molecule is CN(C)C12CCC(C1)C1CNCC12. The summed E-state index contributed by atoms with van der Waals surface area (Å²) < 4.78 is 0. The summed E-state index contributed by atoms with van der Waals surface area (Å²) in [4.78, 5) is 2.52. The summed E-state index contributed by atoms with van der Waals surface area (Å²) in [6.45, 7) is 2.57. The van der Waals surface area contributed by atoms with E-state index in [9.17, 15) is 0 Å². The predicted molar refractivity (Wildman–Crippen MR) is 53.6 cm³/mol. The Hall–Kier alpha value is -0.0800. The minimum Gasteiger partial charge on any atom is -0.316 e. The highest BCUT2D eigenvalue weighted by molar-refractivity contribution is 5.14. The highest BCUT2D eigenvalue weighted by atomic mass is 15.2. The van der Waals surface area contributed by atoms with Gasteiger partial charge in [-0.25, -0.2) is 0 Å². The predicted octanol–water partition coefficient (Wildman–Crippen LogP) is 0.936. The quantitative estimate of drug-likeness (QED) is 0.646. The summed E-state index contributed by atoms with van der Waals surface area (Å²) in [6.07, 6.45) is 4.42. The van der Waals surface area contributed by atoms with Gasteiger partial charge in [0.15, 0.2) is 0 Å². The molecule has 0 aromatic heterocycles. The zero-order valence-corrected chi connectivity index (χ0v) is 8.71. The lowest BCUT2D eigenvalue weighted by atomic mass is 9.77. The lowest BCUT2D eigenvalue weighted by Crippen LogP contribution is -2.48. The molecule has 2 nitrogen and oxygen atoms in total. The van der Waals surface area contributed by atoms with Crippen molar-refractivity contribution >= 4 is 0 Å². The van der Waals surface area contributed by atoms with E-state index in [0.717, 1.165) is 17.8 Å². The van der Waals surface area contributed by atoms with Gasteiger partial charge in [0.25, 0.3) is 0 Å². The lowest BCUT2D eigenvalue weighted by Gasteiger charge is -2.41. The molecule has 3 aliphatic rings. The molecule has 0 radical (unpaired) electrons. The van der Waals surface area contributed by atoms with Crippen LogP contribution in [0, 0.1) is 17.8 Å². The van der Waals surface area contributed by atoms with Crippen LogP contribution in [0.4, 0.5) is 0 Å². The number of nitrogens with one attached hydrogen (secondary N) is 1. The fraction of sp³-hybridized carbons (Fsp3) is 1.00. The summed E-state index contributed by atoms with van der Waals surface area (Å²) in [7, 11) is 4.56. The van der Waals surface area contributed by atoms with Crippen molar-refractivity contribution in [2.75, 3.05) is 27.2 Å². The third kappa shape index (κ3) is 0.861. The van der Waals surface area contributed by atoms with E-state index in [2.05, 4.69) is 24.3 Å². The molecule has 4 atom stereocenters. The van der Waals surface area contributed by atoms with Crippen molar-refractivity contribution in [3.05, 3.63) is 0 Å². The molecule has 0 spiro atoms. The van der Waals surface area contributed by atoms with Crippen molar-refractivity contribution in [2.45, 2.75) is 24.8 Å². The molecule has 1 heterocycles. The van der Waals surface area contributed by atoms with E-state index in [-0.39, 0.29) is 0 Å². The molecular weight excluding hydrogens is 160 g/mol. The van der Waals surface area contributed by atoms with E-state index in [0.29, 0.717) is 5.54 Å². The molecule has 1 aliphatic heterocycles. The monoisotopic (exact) mass is 180 g/mol. The van der Waals surface area contributed by atoms with Gasteiger partial charge in [-0.1, -0.05) is 0 Å². The summed E-state index contributed by atoms with van der Waals surface area (Å²) in [5.74, 6) is 3.01. The molecule has 2 aliphatic carbocycles. The van der Waals surface area contributed by atoms with E-state index >= 15 is 0 Å². The van der Waals surface area contributed by atoms with Gasteiger partial charge in [-0.05, 0) is 57.7 Å². The molecule has 1 N–H and O–H groups in total. The van der Waals surface area contributed by atoms with Crippen LogP contribution in [-0.4, -0.2) is 37.6 Å². The molecule has 74 valence electrons. The third-order valence-electron chi connectivity index (χ3n) is 5.01. The highest BCUT2D eigenvalue weighted by Crippen LogP contribution is 2.58. The second-order valence-corrected chi connectivity index (χ2v) is 5.43. The molecule has 1 saturated heterocycles. The third-order valence-corrected chi connectivity index (χ3v) is 5.01. The van der Waals surface area contributed by atoms with E-state index in [1.54, 1.807) is 0 Å². The minimum atomic E-state index is 0.582. The largest absolute Gasteiger partial charge is 0.316 e. The number of hydrogen-bond acceptors (Lipinski definition) is 2. The van der Waals surface area contributed by atoms with Crippen molar-refractivity contribution in [1.29, 1.82) is 0 Å². The van der Waals surface area contributed by atoms with Crippen LogP contribution in [0.1, 0.15) is 19.3 Å². The maximum atomic E-state index is 3.58. The number of fused-ring (bicyclic) bond motifs is 5. The van der Waals surface area contributed by atoms with Crippen molar-refractivity contribution in [1.82, 2.24) is 10.2 Å². The van der Waals surface area contributed by atoms with Crippen LogP contribution in [-0.2, 0) is 0 Å². The van der Waals surface area contributed by atoms with Gasteiger partial charge < -0.3 is 10.2 Å². The zero-order chi connectivity index (χ0) is 9.05. The van der Waals surface area contributed by atoms with Crippen molar-refractivity contribution in [2.24, 2.45) is 17.8 Å². The van der Waals surface area contributed by atoms with E-state index in [4.69, 9.17) is 0 Å². The molecule has 2 saturated carbocycles. The Bertz CT molecular complexity index is 226. The second-order valence-electron chi connectivity index (χ2n) is 5.43. The molecule has 0 aromatic rings. The van der Waals surface area contributed by atoms with Gasteiger partial charge in [-0.2, -0.15) is 0 Å². The number of rotatable bonds is 1. The molecule has 2 bridgehead atoms. The van der Waals surface area contributed by atoms with Crippen molar-refractivity contribution in [3.8, 4) is 0 Å². The normalized spacial score (nSPS) is 53.3. The summed E-state index contributed by atoms with van der Waals surface area (Å²) >= 11 is 0. The van der Waals surface area contributed by atoms with Gasteiger partial charge in [0.05, 0.1) is 0 Å². The van der Waals surface area contributed by atoms with Crippen LogP contribution in [0.15, 0.2) is 0 Å². The Labute approximate surface area is 80.7 Å². The topological polar surface area (TPSA) is 15.3 Å². The molecule has 13 heavy (non-hydrogen) atoms. The Kier molecular flexibility index (Phi) is 1.58. The summed E-state index contributed by atoms with van der Waals surface area (Å²) in [5.41, 5.74) is 0.582. The Morgan fingerprint density at radius 2 is 2.15 bits per heavy atom. The van der Waals surface area contributed by atoms with Gasteiger partial charge in [0.2, 0.25) is 0 Å². The average Bonchev–Trinajstić information content (AvgIpc) is 2.76. The minimum absolute atomic E-state index is 0.582.